The van der Waals surface area contributed by atoms with E-state index in [9.17, 15) is 9.59 Å². The Morgan fingerprint density at radius 2 is 2.25 bits per heavy atom. The fourth-order valence-electron chi connectivity index (χ4n) is 2.18. The standard InChI is InChI=1S/C14H17ClN2O3/c1-20-14(19)9-4-5-11(15)12(7-9)17-13(18)10-3-2-6-16-8-10/h4-5,7,10,16H,2-3,6,8H2,1H3,(H,17,18)/t10-/m1/s1. The minimum Gasteiger partial charge on any atom is -0.465 e. The summed E-state index contributed by atoms with van der Waals surface area (Å²) in [6, 6.07) is 4.66. The molecule has 1 aliphatic rings. The van der Waals surface area contributed by atoms with Crippen LogP contribution in [0.15, 0.2) is 18.2 Å². The fraction of sp³-hybridized carbons (Fsp3) is 0.429. The summed E-state index contributed by atoms with van der Waals surface area (Å²) in [6.07, 6.45) is 1.83. The first-order valence-electron chi connectivity index (χ1n) is 6.51. The molecular weight excluding hydrogens is 280 g/mol. The van der Waals surface area contributed by atoms with Gasteiger partial charge in [-0.1, -0.05) is 11.6 Å². The molecule has 1 fully saturated rings. The summed E-state index contributed by atoms with van der Waals surface area (Å²) < 4.78 is 4.65. The van der Waals surface area contributed by atoms with Crippen molar-refractivity contribution in [2.75, 3.05) is 25.5 Å². The van der Waals surface area contributed by atoms with Gasteiger partial charge in [0.1, 0.15) is 0 Å². The maximum atomic E-state index is 12.1. The average Bonchev–Trinajstić information content (AvgIpc) is 2.49. The van der Waals surface area contributed by atoms with Gasteiger partial charge < -0.3 is 15.4 Å². The molecule has 1 heterocycles. The summed E-state index contributed by atoms with van der Waals surface area (Å²) >= 11 is 6.04. The molecule has 0 aliphatic carbocycles. The molecule has 108 valence electrons. The van der Waals surface area contributed by atoms with Crippen molar-refractivity contribution in [3.63, 3.8) is 0 Å². The zero-order valence-electron chi connectivity index (χ0n) is 11.2. The van der Waals surface area contributed by atoms with E-state index in [0.717, 1.165) is 19.4 Å². The van der Waals surface area contributed by atoms with Crippen LogP contribution in [0.5, 0.6) is 0 Å². The fourth-order valence-corrected chi connectivity index (χ4v) is 2.34. The Balaban J connectivity index is 2.11. The van der Waals surface area contributed by atoms with Crippen LogP contribution in [0.3, 0.4) is 0 Å². The summed E-state index contributed by atoms with van der Waals surface area (Å²) in [5, 5.41) is 6.37. The maximum Gasteiger partial charge on any atom is 0.337 e. The number of carbonyl (C=O) groups excluding carboxylic acids is 2. The van der Waals surface area contributed by atoms with Gasteiger partial charge in [0.05, 0.1) is 29.3 Å². The molecular formula is C14H17ClN2O3. The minimum atomic E-state index is -0.462. The van der Waals surface area contributed by atoms with Gasteiger partial charge in [-0.25, -0.2) is 4.79 Å². The van der Waals surface area contributed by atoms with Crippen LogP contribution in [-0.4, -0.2) is 32.1 Å². The Morgan fingerprint density at radius 3 is 2.90 bits per heavy atom. The quantitative estimate of drug-likeness (QED) is 0.838. The van der Waals surface area contributed by atoms with E-state index >= 15 is 0 Å². The van der Waals surface area contributed by atoms with Crippen LogP contribution in [-0.2, 0) is 9.53 Å². The monoisotopic (exact) mass is 296 g/mol. The molecule has 0 bridgehead atoms. The van der Waals surface area contributed by atoms with E-state index in [4.69, 9.17) is 11.6 Å². The molecule has 6 heteroatoms. The number of benzene rings is 1. The lowest BCUT2D eigenvalue weighted by Crippen LogP contribution is -2.37. The topological polar surface area (TPSA) is 67.4 Å². The van der Waals surface area contributed by atoms with E-state index in [0.29, 0.717) is 22.8 Å². The third-order valence-corrected chi connectivity index (χ3v) is 3.64. The van der Waals surface area contributed by atoms with Crippen LogP contribution >= 0.6 is 11.6 Å². The molecule has 1 aromatic carbocycles. The first kappa shape index (κ1) is 14.8. The average molecular weight is 297 g/mol. The predicted octanol–water partition coefficient (Wildman–Crippen LogP) is 2.06. The van der Waals surface area contributed by atoms with E-state index in [-0.39, 0.29) is 11.8 Å². The molecule has 1 saturated heterocycles. The second-order valence-corrected chi connectivity index (χ2v) is 5.13. The number of methoxy groups -OCH3 is 1. The Morgan fingerprint density at radius 1 is 1.45 bits per heavy atom. The summed E-state index contributed by atoms with van der Waals surface area (Å²) in [5.41, 5.74) is 0.791. The third-order valence-electron chi connectivity index (χ3n) is 3.31. The summed E-state index contributed by atoms with van der Waals surface area (Å²) in [7, 11) is 1.31. The highest BCUT2D eigenvalue weighted by Gasteiger charge is 2.21. The molecule has 0 saturated carbocycles. The zero-order chi connectivity index (χ0) is 14.5. The van der Waals surface area contributed by atoms with E-state index < -0.39 is 5.97 Å². The molecule has 2 rings (SSSR count). The lowest BCUT2D eigenvalue weighted by Gasteiger charge is -2.22. The van der Waals surface area contributed by atoms with Gasteiger partial charge in [0.25, 0.3) is 0 Å². The largest absolute Gasteiger partial charge is 0.465 e. The van der Waals surface area contributed by atoms with Gasteiger partial charge in [-0.2, -0.15) is 0 Å². The molecule has 1 atom stereocenters. The van der Waals surface area contributed by atoms with Gasteiger partial charge in [-0.05, 0) is 37.6 Å². The highest BCUT2D eigenvalue weighted by atomic mass is 35.5. The number of rotatable bonds is 3. The van der Waals surface area contributed by atoms with Crippen LogP contribution in [0.25, 0.3) is 0 Å². The van der Waals surface area contributed by atoms with Crippen molar-refractivity contribution >= 4 is 29.2 Å². The van der Waals surface area contributed by atoms with Crippen molar-refractivity contribution in [3.8, 4) is 0 Å². The van der Waals surface area contributed by atoms with Crippen LogP contribution in [0.4, 0.5) is 5.69 Å². The number of amides is 1. The highest BCUT2D eigenvalue weighted by Crippen LogP contribution is 2.24. The van der Waals surface area contributed by atoms with Crippen molar-refractivity contribution in [1.29, 1.82) is 0 Å². The molecule has 2 N–H and O–H groups in total. The number of hydrogen-bond donors (Lipinski definition) is 2. The van der Waals surface area contributed by atoms with Crippen molar-refractivity contribution in [3.05, 3.63) is 28.8 Å². The number of halogens is 1. The highest BCUT2D eigenvalue weighted by molar-refractivity contribution is 6.33. The van der Waals surface area contributed by atoms with Gasteiger partial charge in [-0.3, -0.25) is 4.79 Å². The van der Waals surface area contributed by atoms with Crippen LogP contribution in [0, 0.1) is 5.92 Å². The number of nitrogens with one attached hydrogen (secondary N) is 2. The third kappa shape index (κ3) is 3.49. The normalized spacial score (nSPS) is 18.4. The van der Waals surface area contributed by atoms with E-state index in [1.165, 1.54) is 13.2 Å². The molecule has 1 aliphatic heterocycles. The molecule has 0 spiro atoms. The predicted molar refractivity (Wildman–Crippen MR) is 77.0 cm³/mol. The molecule has 0 unspecified atom stereocenters. The maximum absolute atomic E-state index is 12.1. The van der Waals surface area contributed by atoms with Crippen molar-refractivity contribution in [2.24, 2.45) is 5.92 Å². The second kappa shape index (κ2) is 6.72. The van der Waals surface area contributed by atoms with E-state index in [1.54, 1.807) is 12.1 Å². The molecule has 0 aromatic heterocycles. The Labute approximate surface area is 122 Å². The molecule has 1 amide bonds. The SMILES string of the molecule is COC(=O)c1ccc(Cl)c(NC(=O)[C@@H]2CCCNC2)c1. The Hall–Kier alpha value is -1.59. The Bertz CT molecular complexity index is 513. The number of esters is 1. The van der Waals surface area contributed by atoms with Crippen LogP contribution in [0.2, 0.25) is 5.02 Å². The van der Waals surface area contributed by atoms with Gasteiger partial charge in [0.2, 0.25) is 5.91 Å². The number of hydrogen-bond acceptors (Lipinski definition) is 4. The number of piperidine rings is 1. The summed E-state index contributed by atoms with van der Waals surface area (Å²) in [5.74, 6) is -0.612. The van der Waals surface area contributed by atoms with Crippen molar-refractivity contribution < 1.29 is 14.3 Å². The molecule has 1 aromatic rings. The van der Waals surface area contributed by atoms with Gasteiger partial charge in [0.15, 0.2) is 0 Å². The minimum absolute atomic E-state index is 0.0680. The smallest absolute Gasteiger partial charge is 0.337 e. The van der Waals surface area contributed by atoms with Gasteiger partial charge in [0, 0.05) is 6.54 Å². The first-order chi connectivity index (χ1) is 9.61. The molecule has 20 heavy (non-hydrogen) atoms. The zero-order valence-corrected chi connectivity index (χ0v) is 12.0. The lowest BCUT2D eigenvalue weighted by atomic mass is 9.99. The summed E-state index contributed by atoms with van der Waals surface area (Å²) in [4.78, 5) is 23.6. The van der Waals surface area contributed by atoms with Gasteiger partial charge >= 0.3 is 5.97 Å². The molecule has 5 nitrogen and oxygen atoms in total. The number of ether oxygens (including phenoxy) is 1. The summed E-state index contributed by atoms with van der Waals surface area (Å²) in [6.45, 7) is 1.61. The second-order valence-electron chi connectivity index (χ2n) is 4.72. The first-order valence-corrected chi connectivity index (χ1v) is 6.89. The van der Waals surface area contributed by atoms with Crippen LogP contribution in [0.1, 0.15) is 23.2 Å². The number of anilines is 1. The van der Waals surface area contributed by atoms with Crippen molar-refractivity contribution in [1.82, 2.24) is 5.32 Å². The Kier molecular flexibility index (Phi) is 4.98. The van der Waals surface area contributed by atoms with E-state index in [2.05, 4.69) is 15.4 Å². The lowest BCUT2D eigenvalue weighted by molar-refractivity contribution is -0.120. The number of carbonyl (C=O) groups is 2. The molecule has 0 radical (unpaired) electrons. The van der Waals surface area contributed by atoms with E-state index in [1.807, 2.05) is 0 Å². The van der Waals surface area contributed by atoms with Crippen LogP contribution < -0.4 is 10.6 Å². The van der Waals surface area contributed by atoms with Gasteiger partial charge in [-0.15, -0.1) is 0 Å². The van der Waals surface area contributed by atoms with Crippen molar-refractivity contribution in [2.45, 2.75) is 12.8 Å².